The number of aliphatic hydroxyl groups is 1. The Morgan fingerprint density at radius 2 is 2.20 bits per heavy atom. The van der Waals surface area contributed by atoms with Crippen molar-refractivity contribution in [1.82, 2.24) is 4.90 Å². The highest BCUT2D eigenvalue weighted by Crippen LogP contribution is 2.19. The van der Waals surface area contributed by atoms with Gasteiger partial charge in [-0.15, -0.1) is 0 Å². The molecule has 2 rings (SSSR count). The smallest absolute Gasteiger partial charge is 0.122 e. The number of likely N-dealkylation sites (tertiary alicyclic amines) is 1. The molecule has 1 unspecified atom stereocenters. The van der Waals surface area contributed by atoms with Gasteiger partial charge in [0.15, 0.2) is 0 Å². The highest BCUT2D eigenvalue weighted by atomic mass is 16.5. The third-order valence-corrected chi connectivity index (χ3v) is 4.08. The van der Waals surface area contributed by atoms with Gasteiger partial charge < -0.3 is 14.7 Å². The van der Waals surface area contributed by atoms with Crippen LogP contribution in [0.15, 0.2) is 18.2 Å². The predicted octanol–water partition coefficient (Wildman–Crippen LogP) is 2.78. The fourth-order valence-electron chi connectivity index (χ4n) is 2.84. The summed E-state index contributed by atoms with van der Waals surface area (Å²) >= 11 is 0. The highest BCUT2D eigenvalue weighted by molar-refractivity contribution is 5.35. The van der Waals surface area contributed by atoms with Gasteiger partial charge in [-0.3, -0.25) is 0 Å². The molecule has 1 saturated heterocycles. The number of piperidine rings is 1. The second-order valence-corrected chi connectivity index (χ2v) is 5.96. The first-order valence-electron chi connectivity index (χ1n) is 7.72. The molecule has 1 heterocycles. The van der Waals surface area contributed by atoms with Crippen LogP contribution in [0.1, 0.15) is 30.4 Å². The topological polar surface area (TPSA) is 32.7 Å². The summed E-state index contributed by atoms with van der Waals surface area (Å²) in [5.74, 6) is 1.49. The maximum Gasteiger partial charge on any atom is 0.122 e. The van der Waals surface area contributed by atoms with Crippen molar-refractivity contribution in [3.05, 3.63) is 29.3 Å². The van der Waals surface area contributed by atoms with Crippen LogP contribution in [0.5, 0.6) is 5.75 Å². The molecule has 1 N–H and O–H groups in total. The van der Waals surface area contributed by atoms with Crippen LogP contribution in [0.4, 0.5) is 0 Å². The first-order chi connectivity index (χ1) is 9.69. The third kappa shape index (κ3) is 4.50. The van der Waals surface area contributed by atoms with Crippen LogP contribution in [0.25, 0.3) is 0 Å². The molecule has 0 aliphatic carbocycles. The lowest BCUT2D eigenvalue weighted by Gasteiger charge is -2.31. The van der Waals surface area contributed by atoms with E-state index >= 15 is 0 Å². The van der Waals surface area contributed by atoms with Crippen LogP contribution in [-0.4, -0.2) is 42.9 Å². The molecule has 20 heavy (non-hydrogen) atoms. The molecule has 1 aromatic rings. The van der Waals surface area contributed by atoms with Gasteiger partial charge in [0.25, 0.3) is 0 Å². The van der Waals surface area contributed by atoms with Crippen molar-refractivity contribution in [1.29, 1.82) is 0 Å². The van der Waals surface area contributed by atoms with E-state index in [9.17, 15) is 5.11 Å². The molecule has 3 heteroatoms. The number of aliphatic hydroxyl groups excluding tert-OH is 1. The maximum absolute atomic E-state index is 9.23. The standard InChI is InChI=1S/C17H27NO2/c1-14-6-7-15(2)17(11-14)20-10-4-9-18-8-3-5-16(12-18)13-19/h6-7,11,16,19H,3-5,8-10,12-13H2,1-2H3. The second kappa shape index (κ2) is 7.65. The molecule has 0 radical (unpaired) electrons. The molecule has 0 spiro atoms. The minimum atomic E-state index is 0.329. The van der Waals surface area contributed by atoms with E-state index in [-0.39, 0.29) is 0 Å². The van der Waals surface area contributed by atoms with E-state index in [0.717, 1.165) is 31.9 Å². The fraction of sp³-hybridized carbons (Fsp3) is 0.647. The first-order valence-corrected chi connectivity index (χ1v) is 7.72. The highest BCUT2D eigenvalue weighted by Gasteiger charge is 2.18. The van der Waals surface area contributed by atoms with E-state index in [1.807, 2.05) is 0 Å². The van der Waals surface area contributed by atoms with Crippen LogP contribution < -0.4 is 4.74 Å². The van der Waals surface area contributed by atoms with Crippen molar-refractivity contribution in [2.45, 2.75) is 33.1 Å². The summed E-state index contributed by atoms with van der Waals surface area (Å²) in [6.07, 6.45) is 3.43. The Morgan fingerprint density at radius 1 is 1.35 bits per heavy atom. The summed E-state index contributed by atoms with van der Waals surface area (Å²) < 4.78 is 5.89. The zero-order valence-electron chi connectivity index (χ0n) is 12.8. The van der Waals surface area contributed by atoms with E-state index in [4.69, 9.17) is 4.74 Å². The van der Waals surface area contributed by atoms with Gasteiger partial charge in [0.1, 0.15) is 5.75 Å². The van der Waals surface area contributed by atoms with E-state index in [1.54, 1.807) is 0 Å². The number of ether oxygens (including phenoxy) is 1. The average molecular weight is 277 g/mol. The lowest BCUT2D eigenvalue weighted by Crippen LogP contribution is -2.37. The predicted molar refractivity (Wildman–Crippen MR) is 82.3 cm³/mol. The first kappa shape index (κ1) is 15.3. The van der Waals surface area contributed by atoms with Crippen LogP contribution in [-0.2, 0) is 0 Å². The molecule has 1 aliphatic rings. The Hall–Kier alpha value is -1.06. The number of hydrogen-bond acceptors (Lipinski definition) is 3. The molecule has 1 fully saturated rings. The lowest BCUT2D eigenvalue weighted by atomic mass is 9.99. The summed E-state index contributed by atoms with van der Waals surface area (Å²) in [6.45, 7) is 8.56. The summed E-state index contributed by atoms with van der Waals surface area (Å²) in [4.78, 5) is 2.46. The SMILES string of the molecule is Cc1ccc(C)c(OCCCN2CCCC(CO)C2)c1. The number of aryl methyl sites for hydroxylation is 2. The Bertz CT molecular complexity index is 419. The zero-order chi connectivity index (χ0) is 14.4. The van der Waals surface area contributed by atoms with Crippen molar-refractivity contribution < 1.29 is 9.84 Å². The fourth-order valence-corrected chi connectivity index (χ4v) is 2.84. The van der Waals surface area contributed by atoms with Gasteiger partial charge >= 0.3 is 0 Å². The molecule has 3 nitrogen and oxygen atoms in total. The van der Waals surface area contributed by atoms with Crippen LogP contribution >= 0.6 is 0 Å². The largest absolute Gasteiger partial charge is 0.493 e. The van der Waals surface area contributed by atoms with E-state index in [0.29, 0.717) is 12.5 Å². The minimum absolute atomic E-state index is 0.329. The maximum atomic E-state index is 9.23. The van der Waals surface area contributed by atoms with Crippen LogP contribution in [0.2, 0.25) is 0 Å². The minimum Gasteiger partial charge on any atom is -0.493 e. The second-order valence-electron chi connectivity index (χ2n) is 5.96. The van der Waals surface area contributed by atoms with E-state index in [2.05, 4.69) is 36.9 Å². The van der Waals surface area contributed by atoms with Crippen LogP contribution in [0, 0.1) is 19.8 Å². The molecule has 1 aromatic carbocycles. The normalized spacial score (nSPS) is 20.1. The number of rotatable bonds is 6. The summed E-state index contributed by atoms with van der Waals surface area (Å²) in [5, 5.41) is 9.23. The zero-order valence-corrected chi connectivity index (χ0v) is 12.8. The summed E-state index contributed by atoms with van der Waals surface area (Å²) in [5.41, 5.74) is 2.45. The van der Waals surface area contributed by atoms with Gasteiger partial charge in [-0.05, 0) is 62.8 Å². The van der Waals surface area contributed by atoms with Gasteiger partial charge in [0.2, 0.25) is 0 Å². The van der Waals surface area contributed by atoms with Crippen molar-refractivity contribution >= 4 is 0 Å². The summed E-state index contributed by atoms with van der Waals surface area (Å²) in [7, 11) is 0. The van der Waals surface area contributed by atoms with Gasteiger partial charge in [0, 0.05) is 19.7 Å². The average Bonchev–Trinajstić information content (AvgIpc) is 2.47. The Labute approximate surface area is 122 Å². The Morgan fingerprint density at radius 3 is 3.00 bits per heavy atom. The van der Waals surface area contributed by atoms with Crippen molar-refractivity contribution in [2.24, 2.45) is 5.92 Å². The molecule has 112 valence electrons. The molecule has 0 aromatic heterocycles. The van der Waals surface area contributed by atoms with Gasteiger partial charge in [0.05, 0.1) is 6.61 Å². The van der Waals surface area contributed by atoms with E-state index in [1.165, 1.54) is 30.5 Å². The van der Waals surface area contributed by atoms with E-state index < -0.39 is 0 Å². The molecular weight excluding hydrogens is 250 g/mol. The monoisotopic (exact) mass is 277 g/mol. The van der Waals surface area contributed by atoms with Gasteiger partial charge in [-0.2, -0.15) is 0 Å². The molecule has 0 saturated carbocycles. The molecule has 1 aliphatic heterocycles. The number of nitrogens with zero attached hydrogens (tertiary/aromatic N) is 1. The molecule has 1 atom stereocenters. The molecule has 0 bridgehead atoms. The van der Waals surface area contributed by atoms with Gasteiger partial charge in [-0.1, -0.05) is 12.1 Å². The van der Waals surface area contributed by atoms with Crippen molar-refractivity contribution in [3.63, 3.8) is 0 Å². The number of hydrogen-bond donors (Lipinski definition) is 1. The quantitative estimate of drug-likeness (QED) is 0.812. The lowest BCUT2D eigenvalue weighted by molar-refractivity contribution is 0.115. The van der Waals surface area contributed by atoms with Crippen LogP contribution in [0.3, 0.4) is 0 Å². The number of benzene rings is 1. The van der Waals surface area contributed by atoms with Crippen molar-refractivity contribution in [2.75, 3.05) is 32.8 Å². The van der Waals surface area contributed by atoms with Crippen molar-refractivity contribution in [3.8, 4) is 5.75 Å². The third-order valence-electron chi connectivity index (χ3n) is 4.08. The molecular formula is C17H27NO2. The van der Waals surface area contributed by atoms with Gasteiger partial charge in [-0.25, -0.2) is 0 Å². The Kier molecular flexibility index (Phi) is 5.86. The molecule has 0 amide bonds. The summed E-state index contributed by atoms with van der Waals surface area (Å²) in [6, 6.07) is 6.34. The Balaban J connectivity index is 1.69.